The molecule has 0 aliphatic rings. The van der Waals surface area contributed by atoms with Crippen molar-refractivity contribution in [3.8, 4) is 11.1 Å². The van der Waals surface area contributed by atoms with Crippen molar-refractivity contribution in [1.82, 2.24) is 14.9 Å². The Morgan fingerprint density at radius 3 is 2.39 bits per heavy atom. The van der Waals surface area contributed by atoms with Gasteiger partial charge in [-0.3, -0.25) is 9.59 Å². The minimum absolute atomic E-state index is 0.0745. The lowest BCUT2D eigenvalue weighted by molar-refractivity contribution is -0.131. The number of benzene rings is 2. The molecule has 168 valence electrons. The Balaban J connectivity index is 1.42. The number of carbonyl (C=O) groups is 2. The van der Waals surface area contributed by atoms with Gasteiger partial charge in [-0.1, -0.05) is 23.9 Å². The van der Waals surface area contributed by atoms with Gasteiger partial charge in [-0.15, -0.1) is 11.3 Å². The molecule has 4 aromatic rings. The topological polar surface area (TPSA) is 75.2 Å². The second-order valence-corrected chi connectivity index (χ2v) is 8.93. The molecule has 0 fully saturated rings. The number of hydrogen-bond acceptors (Lipinski definition) is 6. The maximum absolute atomic E-state index is 13.3. The highest BCUT2D eigenvalue weighted by atomic mass is 32.2. The molecule has 4 rings (SSSR count). The summed E-state index contributed by atoms with van der Waals surface area (Å²) in [5.41, 5.74) is 2.16. The van der Waals surface area contributed by atoms with Gasteiger partial charge >= 0.3 is 0 Å². The third kappa shape index (κ3) is 5.52. The van der Waals surface area contributed by atoms with Crippen LogP contribution in [0.15, 0.2) is 65.3 Å². The van der Waals surface area contributed by atoms with Gasteiger partial charge in [0.25, 0.3) is 0 Å². The Morgan fingerprint density at radius 2 is 1.70 bits per heavy atom. The molecule has 1 N–H and O–H groups in total. The van der Waals surface area contributed by atoms with Gasteiger partial charge in [-0.25, -0.2) is 18.7 Å². The fourth-order valence-electron chi connectivity index (χ4n) is 3.08. The standard InChI is InChI=1S/C23H18F2N4O2S2/c1-29(10-19(30)28-17-8-6-16(25)7-9-17)20(31)12-33-23-21-18(11-32-22(21)26-13-27-23)14-2-4-15(24)5-3-14/h2-9,11,13H,10,12H2,1H3,(H,28,30). The second kappa shape index (κ2) is 10.1. The summed E-state index contributed by atoms with van der Waals surface area (Å²) in [6, 6.07) is 11.6. The molecular formula is C23H18F2N4O2S2. The number of nitrogens with one attached hydrogen (secondary N) is 1. The van der Waals surface area contributed by atoms with E-state index in [1.165, 1.54) is 77.8 Å². The highest BCUT2D eigenvalue weighted by Crippen LogP contribution is 2.37. The largest absolute Gasteiger partial charge is 0.336 e. The highest BCUT2D eigenvalue weighted by molar-refractivity contribution is 8.00. The summed E-state index contributed by atoms with van der Waals surface area (Å²) in [7, 11) is 1.54. The number of carbonyl (C=O) groups excluding carboxylic acids is 2. The zero-order chi connectivity index (χ0) is 23.4. The molecule has 10 heteroatoms. The van der Waals surface area contributed by atoms with E-state index in [1.54, 1.807) is 12.1 Å². The van der Waals surface area contributed by atoms with E-state index in [0.29, 0.717) is 10.7 Å². The molecule has 0 unspecified atom stereocenters. The van der Waals surface area contributed by atoms with Gasteiger partial charge in [0.15, 0.2) is 0 Å². The average Bonchev–Trinajstić information content (AvgIpc) is 3.24. The summed E-state index contributed by atoms with van der Waals surface area (Å²) in [4.78, 5) is 35.5. The first kappa shape index (κ1) is 22.8. The van der Waals surface area contributed by atoms with Crippen molar-refractivity contribution >= 4 is 50.8 Å². The van der Waals surface area contributed by atoms with Crippen molar-refractivity contribution < 1.29 is 18.4 Å². The molecular weight excluding hydrogens is 466 g/mol. The Labute approximate surface area is 196 Å². The van der Waals surface area contributed by atoms with Crippen LogP contribution >= 0.6 is 23.1 Å². The molecule has 0 spiro atoms. The lowest BCUT2D eigenvalue weighted by Gasteiger charge is -2.16. The predicted octanol–water partition coefficient (Wildman–Crippen LogP) is 4.83. The third-order valence-corrected chi connectivity index (χ3v) is 6.62. The van der Waals surface area contributed by atoms with E-state index in [0.717, 1.165) is 21.3 Å². The summed E-state index contributed by atoms with van der Waals surface area (Å²) in [5.74, 6) is -1.28. The quantitative estimate of drug-likeness (QED) is 0.301. The third-order valence-electron chi connectivity index (χ3n) is 4.76. The predicted molar refractivity (Wildman–Crippen MR) is 126 cm³/mol. The molecule has 2 heterocycles. The Kier molecular flexibility index (Phi) is 6.95. The monoisotopic (exact) mass is 484 g/mol. The lowest BCUT2D eigenvalue weighted by Crippen LogP contribution is -2.35. The summed E-state index contributed by atoms with van der Waals surface area (Å²) in [6.45, 7) is -0.144. The molecule has 0 atom stereocenters. The van der Waals surface area contributed by atoms with Crippen LogP contribution in [0.25, 0.3) is 21.3 Å². The van der Waals surface area contributed by atoms with Gasteiger partial charge in [0.2, 0.25) is 11.8 Å². The van der Waals surface area contributed by atoms with Crippen LogP contribution in [0.2, 0.25) is 0 Å². The smallest absolute Gasteiger partial charge is 0.243 e. The van der Waals surface area contributed by atoms with E-state index < -0.39 is 5.82 Å². The fraction of sp³-hybridized carbons (Fsp3) is 0.130. The average molecular weight is 485 g/mol. The van der Waals surface area contributed by atoms with Crippen molar-refractivity contribution in [3.05, 3.63) is 71.9 Å². The van der Waals surface area contributed by atoms with Gasteiger partial charge < -0.3 is 10.2 Å². The Bertz CT molecular complexity index is 1290. The maximum atomic E-state index is 13.3. The van der Waals surface area contributed by atoms with E-state index in [4.69, 9.17) is 0 Å². The minimum atomic E-state index is -0.399. The molecule has 33 heavy (non-hydrogen) atoms. The Hall–Kier alpha value is -3.37. The first-order valence-electron chi connectivity index (χ1n) is 9.81. The molecule has 2 aromatic carbocycles. The minimum Gasteiger partial charge on any atom is -0.336 e. The normalized spacial score (nSPS) is 10.9. The van der Waals surface area contributed by atoms with Crippen LogP contribution < -0.4 is 5.32 Å². The van der Waals surface area contributed by atoms with Crippen molar-refractivity contribution in [2.75, 3.05) is 24.7 Å². The van der Waals surface area contributed by atoms with Crippen LogP contribution in [0.4, 0.5) is 14.5 Å². The first-order chi connectivity index (χ1) is 15.9. The number of thiophene rings is 1. The molecule has 0 saturated carbocycles. The number of anilines is 1. The molecule has 6 nitrogen and oxygen atoms in total. The molecule has 0 saturated heterocycles. The molecule has 0 aliphatic carbocycles. The van der Waals surface area contributed by atoms with E-state index in [2.05, 4.69) is 15.3 Å². The molecule has 2 amide bonds. The number of nitrogens with zero attached hydrogens (tertiary/aromatic N) is 3. The van der Waals surface area contributed by atoms with E-state index >= 15 is 0 Å². The van der Waals surface area contributed by atoms with Crippen LogP contribution in [0.1, 0.15) is 0 Å². The molecule has 0 radical (unpaired) electrons. The van der Waals surface area contributed by atoms with Crippen molar-refractivity contribution in [1.29, 1.82) is 0 Å². The Morgan fingerprint density at radius 1 is 1.03 bits per heavy atom. The fourth-order valence-corrected chi connectivity index (χ4v) is 5.01. The van der Waals surface area contributed by atoms with Crippen molar-refractivity contribution in [2.24, 2.45) is 0 Å². The van der Waals surface area contributed by atoms with E-state index in [-0.39, 0.29) is 29.9 Å². The van der Waals surface area contributed by atoms with Crippen LogP contribution in [0.5, 0.6) is 0 Å². The van der Waals surface area contributed by atoms with Gasteiger partial charge in [0, 0.05) is 23.7 Å². The molecule has 0 aliphatic heterocycles. The lowest BCUT2D eigenvalue weighted by atomic mass is 10.1. The van der Waals surface area contributed by atoms with Crippen LogP contribution in [-0.4, -0.2) is 46.0 Å². The number of thioether (sulfide) groups is 1. The number of rotatable bonds is 7. The van der Waals surface area contributed by atoms with Crippen LogP contribution in [0.3, 0.4) is 0 Å². The maximum Gasteiger partial charge on any atom is 0.243 e. The number of halogens is 2. The number of amides is 2. The number of likely N-dealkylation sites (N-methyl/N-ethyl adjacent to an activating group) is 1. The molecule has 2 aromatic heterocycles. The highest BCUT2D eigenvalue weighted by Gasteiger charge is 2.17. The number of fused-ring (bicyclic) bond motifs is 1. The number of aromatic nitrogens is 2. The first-order valence-corrected chi connectivity index (χ1v) is 11.7. The number of hydrogen-bond donors (Lipinski definition) is 1. The SMILES string of the molecule is CN(CC(=O)Nc1ccc(F)cc1)C(=O)CSc1ncnc2scc(-c3ccc(F)cc3)c12. The summed E-state index contributed by atoms with van der Waals surface area (Å²) in [5, 5.41) is 6.01. The van der Waals surface area contributed by atoms with Crippen LogP contribution in [-0.2, 0) is 9.59 Å². The summed E-state index contributed by atoms with van der Waals surface area (Å²) >= 11 is 2.70. The summed E-state index contributed by atoms with van der Waals surface area (Å²) in [6.07, 6.45) is 1.44. The van der Waals surface area contributed by atoms with Gasteiger partial charge in [0.1, 0.15) is 27.8 Å². The zero-order valence-corrected chi connectivity index (χ0v) is 19.1. The van der Waals surface area contributed by atoms with E-state index in [9.17, 15) is 18.4 Å². The zero-order valence-electron chi connectivity index (χ0n) is 17.4. The van der Waals surface area contributed by atoms with Gasteiger partial charge in [-0.05, 0) is 42.0 Å². The van der Waals surface area contributed by atoms with Gasteiger partial charge in [0.05, 0.1) is 17.7 Å². The van der Waals surface area contributed by atoms with E-state index in [1.807, 2.05) is 5.38 Å². The second-order valence-electron chi connectivity index (χ2n) is 7.11. The van der Waals surface area contributed by atoms with Crippen LogP contribution in [0, 0.1) is 11.6 Å². The van der Waals surface area contributed by atoms with Crippen molar-refractivity contribution in [2.45, 2.75) is 5.03 Å². The molecule has 0 bridgehead atoms. The van der Waals surface area contributed by atoms with Crippen molar-refractivity contribution in [3.63, 3.8) is 0 Å². The van der Waals surface area contributed by atoms with Gasteiger partial charge in [-0.2, -0.15) is 0 Å². The summed E-state index contributed by atoms with van der Waals surface area (Å²) < 4.78 is 26.3.